The molecule has 0 fully saturated rings. The van der Waals surface area contributed by atoms with Gasteiger partial charge in [-0.2, -0.15) is 4.98 Å². The number of aromatic nitrogens is 2. The van der Waals surface area contributed by atoms with Crippen molar-refractivity contribution in [2.45, 2.75) is 26.3 Å². The Kier molecular flexibility index (Phi) is 5.34. The third kappa shape index (κ3) is 4.14. The van der Waals surface area contributed by atoms with Gasteiger partial charge < -0.3 is 15.5 Å². The molecule has 0 bridgehead atoms. The van der Waals surface area contributed by atoms with Crippen LogP contribution in [0.5, 0.6) is 0 Å². The average molecular weight is 251 g/mol. The van der Waals surface area contributed by atoms with Crippen LogP contribution < -0.4 is 15.5 Å². The highest BCUT2D eigenvalue weighted by molar-refractivity contribution is 5.42. The van der Waals surface area contributed by atoms with E-state index >= 15 is 0 Å². The molecule has 0 spiro atoms. The number of hydrogen-bond acceptors (Lipinski definition) is 5. The second-order valence-corrected chi connectivity index (χ2v) is 5.23. The van der Waals surface area contributed by atoms with Gasteiger partial charge in [-0.25, -0.2) is 4.98 Å². The molecule has 1 unspecified atom stereocenters. The smallest absolute Gasteiger partial charge is 0.226 e. The van der Waals surface area contributed by atoms with Gasteiger partial charge in [0.15, 0.2) is 0 Å². The highest BCUT2D eigenvalue weighted by atomic mass is 15.3. The zero-order valence-electron chi connectivity index (χ0n) is 12.1. The highest BCUT2D eigenvalue weighted by Gasteiger charge is 2.10. The molecule has 0 saturated carbocycles. The molecule has 2 N–H and O–H groups in total. The molecule has 5 nitrogen and oxygen atoms in total. The fourth-order valence-electron chi connectivity index (χ4n) is 1.56. The monoisotopic (exact) mass is 251 g/mol. The highest BCUT2D eigenvalue weighted by Crippen LogP contribution is 2.13. The van der Waals surface area contributed by atoms with E-state index in [4.69, 9.17) is 5.73 Å². The van der Waals surface area contributed by atoms with E-state index in [0.717, 1.165) is 24.7 Å². The fraction of sp³-hybridized carbons (Fsp3) is 0.692. The molecule has 1 atom stereocenters. The van der Waals surface area contributed by atoms with Gasteiger partial charge in [0.2, 0.25) is 5.95 Å². The van der Waals surface area contributed by atoms with E-state index in [1.54, 1.807) is 6.20 Å². The summed E-state index contributed by atoms with van der Waals surface area (Å²) in [5, 5.41) is 0. The van der Waals surface area contributed by atoms with Crippen molar-refractivity contribution in [1.82, 2.24) is 9.97 Å². The third-order valence-electron chi connectivity index (χ3n) is 3.07. The van der Waals surface area contributed by atoms with Crippen molar-refractivity contribution in [2.75, 3.05) is 37.5 Å². The Morgan fingerprint density at radius 2 is 1.94 bits per heavy atom. The molecule has 0 amide bonds. The first kappa shape index (κ1) is 14.7. The van der Waals surface area contributed by atoms with Crippen LogP contribution in [0.15, 0.2) is 12.3 Å². The summed E-state index contributed by atoms with van der Waals surface area (Å²) in [6.45, 7) is 5.21. The summed E-state index contributed by atoms with van der Waals surface area (Å²) in [4.78, 5) is 12.7. The first-order valence-corrected chi connectivity index (χ1v) is 6.39. The molecule has 0 saturated heterocycles. The minimum Gasteiger partial charge on any atom is -0.359 e. The SMILES string of the molecule is CC(C)C(N)CCN(C)c1ccnc(N(C)C)n1. The Morgan fingerprint density at radius 1 is 1.28 bits per heavy atom. The largest absolute Gasteiger partial charge is 0.359 e. The minimum absolute atomic E-state index is 0.239. The number of nitrogens with two attached hydrogens (primary N) is 1. The Labute approximate surface area is 110 Å². The Hall–Kier alpha value is -1.36. The van der Waals surface area contributed by atoms with Crippen molar-refractivity contribution in [3.05, 3.63) is 12.3 Å². The van der Waals surface area contributed by atoms with Gasteiger partial charge in [0.05, 0.1) is 0 Å². The fourth-order valence-corrected chi connectivity index (χ4v) is 1.56. The maximum atomic E-state index is 6.05. The molecule has 0 aliphatic rings. The van der Waals surface area contributed by atoms with Gasteiger partial charge in [-0.15, -0.1) is 0 Å². The third-order valence-corrected chi connectivity index (χ3v) is 3.07. The summed E-state index contributed by atoms with van der Waals surface area (Å²) in [5.41, 5.74) is 6.05. The first-order valence-electron chi connectivity index (χ1n) is 6.39. The maximum Gasteiger partial charge on any atom is 0.226 e. The van der Waals surface area contributed by atoms with Crippen molar-refractivity contribution in [1.29, 1.82) is 0 Å². The Balaban J connectivity index is 2.61. The van der Waals surface area contributed by atoms with Crippen LogP contribution >= 0.6 is 0 Å². The van der Waals surface area contributed by atoms with Crippen LogP contribution in [-0.2, 0) is 0 Å². The zero-order valence-corrected chi connectivity index (χ0v) is 12.1. The summed E-state index contributed by atoms with van der Waals surface area (Å²) < 4.78 is 0. The first-order chi connectivity index (χ1) is 8.41. The van der Waals surface area contributed by atoms with Crippen molar-refractivity contribution in [2.24, 2.45) is 11.7 Å². The summed E-state index contributed by atoms with van der Waals surface area (Å²) in [6.07, 6.45) is 2.76. The van der Waals surface area contributed by atoms with E-state index < -0.39 is 0 Å². The lowest BCUT2D eigenvalue weighted by Gasteiger charge is -2.23. The van der Waals surface area contributed by atoms with Crippen LogP contribution in [0.3, 0.4) is 0 Å². The van der Waals surface area contributed by atoms with E-state index in [1.807, 2.05) is 32.1 Å². The molecule has 0 aromatic carbocycles. The normalized spacial score (nSPS) is 12.6. The van der Waals surface area contributed by atoms with Crippen LogP contribution in [0.4, 0.5) is 11.8 Å². The Morgan fingerprint density at radius 3 is 2.50 bits per heavy atom. The zero-order chi connectivity index (χ0) is 13.7. The quantitative estimate of drug-likeness (QED) is 0.827. The second kappa shape index (κ2) is 6.54. The summed E-state index contributed by atoms with van der Waals surface area (Å²) in [5.74, 6) is 2.18. The average Bonchev–Trinajstić information content (AvgIpc) is 2.35. The van der Waals surface area contributed by atoms with Crippen LogP contribution in [0, 0.1) is 5.92 Å². The van der Waals surface area contributed by atoms with Gasteiger partial charge in [-0.3, -0.25) is 0 Å². The molecule has 1 rings (SSSR count). The molecule has 0 aliphatic heterocycles. The lowest BCUT2D eigenvalue weighted by molar-refractivity contribution is 0.465. The van der Waals surface area contributed by atoms with E-state index in [0.29, 0.717) is 5.92 Å². The number of hydrogen-bond donors (Lipinski definition) is 1. The summed E-state index contributed by atoms with van der Waals surface area (Å²) in [7, 11) is 5.91. The van der Waals surface area contributed by atoms with Crippen molar-refractivity contribution in [3.8, 4) is 0 Å². The molecular formula is C13H25N5. The maximum absolute atomic E-state index is 6.05. The predicted octanol–water partition coefficient (Wildman–Crippen LogP) is 1.35. The van der Waals surface area contributed by atoms with Crippen LogP contribution in [-0.4, -0.2) is 43.7 Å². The van der Waals surface area contributed by atoms with Gasteiger partial charge in [-0.1, -0.05) is 13.8 Å². The lowest BCUT2D eigenvalue weighted by atomic mass is 10.0. The molecule has 102 valence electrons. The minimum atomic E-state index is 0.239. The lowest BCUT2D eigenvalue weighted by Crippen LogP contribution is -2.32. The summed E-state index contributed by atoms with van der Waals surface area (Å²) >= 11 is 0. The van der Waals surface area contributed by atoms with E-state index in [-0.39, 0.29) is 6.04 Å². The second-order valence-electron chi connectivity index (χ2n) is 5.23. The topological polar surface area (TPSA) is 58.3 Å². The van der Waals surface area contributed by atoms with E-state index in [1.165, 1.54) is 0 Å². The van der Waals surface area contributed by atoms with Crippen molar-refractivity contribution >= 4 is 11.8 Å². The predicted molar refractivity (Wildman–Crippen MR) is 77.1 cm³/mol. The molecule has 1 aromatic rings. The molecule has 0 radical (unpaired) electrons. The number of rotatable bonds is 6. The van der Waals surface area contributed by atoms with Gasteiger partial charge in [0, 0.05) is 39.9 Å². The molecule has 1 aromatic heterocycles. The van der Waals surface area contributed by atoms with Crippen LogP contribution in [0.2, 0.25) is 0 Å². The van der Waals surface area contributed by atoms with Crippen LogP contribution in [0.1, 0.15) is 20.3 Å². The summed E-state index contributed by atoms with van der Waals surface area (Å²) in [6, 6.07) is 2.16. The van der Waals surface area contributed by atoms with Gasteiger partial charge >= 0.3 is 0 Å². The Bertz CT molecular complexity index is 364. The molecule has 18 heavy (non-hydrogen) atoms. The van der Waals surface area contributed by atoms with Crippen molar-refractivity contribution < 1.29 is 0 Å². The van der Waals surface area contributed by atoms with Gasteiger partial charge in [0.1, 0.15) is 5.82 Å². The van der Waals surface area contributed by atoms with E-state index in [9.17, 15) is 0 Å². The van der Waals surface area contributed by atoms with E-state index in [2.05, 4.69) is 28.7 Å². The van der Waals surface area contributed by atoms with Gasteiger partial charge in [0.25, 0.3) is 0 Å². The molecule has 1 heterocycles. The number of anilines is 2. The standard InChI is InChI=1S/C13H25N5/c1-10(2)11(14)7-9-18(5)12-6-8-15-13(16-12)17(3)4/h6,8,10-11H,7,9,14H2,1-5H3. The molecule has 5 heteroatoms. The molecule has 0 aliphatic carbocycles. The van der Waals surface area contributed by atoms with Crippen molar-refractivity contribution in [3.63, 3.8) is 0 Å². The number of nitrogens with zero attached hydrogens (tertiary/aromatic N) is 4. The van der Waals surface area contributed by atoms with Crippen LogP contribution in [0.25, 0.3) is 0 Å². The van der Waals surface area contributed by atoms with Gasteiger partial charge in [-0.05, 0) is 18.4 Å². The molecular weight excluding hydrogens is 226 g/mol.